The monoisotopic (exact) mass is 562 g/mol. The molecule has 1 amide bonds. The van der Waals surface area contributed by atoms with E-state index < -0.39 is 28.5 Å². The van der Waals surface area contributed by atoms with Gasteiger partial charge in [-0.15, -0.1) is 0 Å². The third-order valence-corrected chi connectivity index (χ3v) is 8.15. The molecule has 0 radical (unpaired) electrons. The molecule has 4 aromatic rings. The van der Waals surface area contributed by atoms with Crippen LogP contribution in [0.25, 0.3) is 22.3 Å². The zero-order valence-electron chi connectivity index (χ0n) is 21.6. The third-order valence-electron chi connectivity index (χ3n) is 6.25. The topological polar surface area (TPSA) is 137 Å². The Balaban J connectivity index is 1.30. The zero-order chi connectivity index (χ0) is 28.1. The Morgan fingerprint density at radius 3 is 2.52 bits per heavy atom. The number of sulfonamides is 1. The number of fused-ring (bicyclic) bond motifs is 1. The normalized spacial score (nSPS) is 14.0. The SMILES string of the molecule is COc1cc(S(=O)(=O)N2CCOCC2)ccc1NC(=O)COC(=O)c1cc(-c2ccccn2)nc2ccccc12. The number of ether oxygens (including phenoxy) is 3. The number of hydrogen-bond acceptors (Lipinski definition) is 9. The van der Waals surface area contributed by atoms with Crippen LogP contribution in [0, 0.1) is 0 Å². The van der Waals surface area contributed by atoms with Crippen LogP contribution < -0.4 is 10.1 Å². The lowest BCUT2D eigenvalue weighted by Gasteiger charge is -2.26. The van der Waals surface area contributed by atoms with Crippen LogP contribution in [0.1, 0.15) is 10.4 Å². The number of amides is 1. The standard InChI is InChI=1S/C28H26N4O7S/c1-37-26-16-19(40(35,36)32-12-14-38-15-13-32)9-10-24(26)31-27(33)18-39-28(34)21-17-25(23-8-4-5-11-29-23)30-22-7-3-2-6-20(21)22/h2-11,16-17H,12-15,18H2,1H3,(H,31,33). The molecule has 1 saturated heterocycles. The maximum Gasteiger partial charge on any atom is 0.339 e. The largest absolute Gasteiger partial charge is 0.495 e. The summed E-state index contributed by atoms with van der Waals surface area (Å²) in [6, 6.07) is 18.2. The van der Waals surface area contributed by atoms with E-state index >= 15 is 0 Å². The highest BCUT2D eigenvalue weighted by atomic mass is 32.2. The van der Waals surface area contributed by atoms with Gasteiger partial charge in [0.25, 0.3) is 5.91 Å². The Morgan fingerprint density at radius 1 is 1.00 bits per heavy atom. The molecule has 0 atom stereocenters. The van der Waals surface area contributed by atoms with E-state index in [1.54, 1.807) is 42.6 Å². The summed E-state index contributed by atoms with van der Waals surface area (Å²) in [6.07, 6.45) is 1.63. The molecule has 3 heterocycles. The molecule has 11 nitrogen and oxygen atoms in total. The van der Waals surface area contributed by atoms with Crippen molar-refractivity contribution in [3.63, 3.8) is 0 Å². The van der Waals surface area contributed by atoms with Crippen LogP contribution in [0.5, 0.6) is 5.75 Å². The fraction of sp³-hybridized carbons (Fsp3) is 0.214. The maximum atomic E-state index is 13.1. The second kappa shape index (κ2) is 11.8. The number of rotatable bonds is 8. The molecule has 1 aliphatic heterocycles. The number of nitrogens with one attached hydrogen (secondary N) is 1. The van der Waals surface area contributed by atoms with Gasteiger partial charge < -0.3 is 19.5 Å². The number of nitrogens with zero attached hydrogens (tertiary/aromatic N) is 3. The molecular weight excluding hydrogens is 536 g/mol. The number of morpholine rings is 1. The predicted molar refractivity (Wildman–Crippen MR) is 146 cm³/mol. The summed E-state index contributed by atoms with van der Waals surface area (Å²) < 4.78 is 43.2. The zero-order valence-corrected chi connectivity index (χ0v) is 22.4. The number of anilines is 1. The van der Waals surface area contributed by atoms with Crippen LogP contribution in [0.15, 0.2) is 77.8 Å². The molecule has 1 fully saturated rings. The third kappa shape index (κ3) is 5.78. The van der Waals surface area contributed by atoms with E-state index in [-0.39, 0.29) is 35.0 Å². The van der Waals surface area contributed by atoms with Crippen LogP contribution in [0.3, 0.4) is 0 Å². The van der Waals surface area contributed by atoms with E-state index in [0.29, 0.717) is 35.5 Å². The van der Waals surface area contributed by atoms with Gasteiger partial charge in [0.2, 0.25) is 10.0 Å². The van der Waals surface area contributed by atoms with E-state index in [1.165, 1.54) is 29.6 Å². The van der Waals surface area contributed by atoms with Crippen LogP contribution in [-0.2, 0) is 24.3 Å². The number of benzene rings is 2. The van der Waals surface area contributed by atoms with Gasteiger partial charge in [-0.2, -0.15) is 4.31 Å². The van der Waals surface area contributed by atoms with E-state index in [0.717, 1.165) is 0 Å². The molecule has 0 saturated carbocycles. The van der Waals surface area contributed by atoms with E-state index in [2.05, 4.69) is 15.3 Å². The fourth-order valence-corrected chi connectivity index (χ4v) is 5.68. The lowest BCUT2D eigenvalue weighted by Crippen LogP contribution is -2.40. The second-order valence-corrected chi connectivity index (χ2v) is 10.7. The van der Waals surface area contributed by atoms with Crippen molar-refractivity contribution in [1.29, 1.82) is 0 Å². The highest BCUT2D eigenvalue weighted by Gasteiger charge is 2.27. The van der Waals surface area contributed by atoms with Crippen molar-refractivity contribution in [2.75, 3.05) is 45.3 Å². The summed E-state index contributed by atoms with van der Waals surface area (Å²) in [7, 11) is -2.39. The van der Waals surface area contributed by atoms with Gasteiger partial charge in [-0.25, -0.2) is 18.2 Å². The molecule has 5 rings (SSSR count). The summed E-state index contributed by atoms with van der Waals surface area (Å²) in [5, 5.41) is 3.18. The van der Waals surface area contributed by atoms with Crippen molar-refractivity contribution in [1.82, 2.24) is 14.3 Å². The summed E-state index contributed by atoms with van der Waals surface area (Å²) in [5.41, 5.74) is 2.14. The van der Waals surface area contributed by atoms with Crippen LogP contribution in [0.4, 0.5) is 5.69 Å². The minimum atomic E-state index is -3.75. The summed E-state index contributed by atoms with van der Waals surface area (Å²) in [6.45, 7) is 0.576. The van der Waals surface area contributed by atoms with Crippen molar-refractivity contribution in [2.45, 2.75) is 4.90 Å². The van der Waals surface area contributed by atoms with Crippen molar-refractivity contribution < 1.29 is 32.2 Å². The van der Waals surface area contributed by atoms with Crippen molar-refractivity contribution in [3.8, 4) is 17.1 Å². The first kappa shape index (κ1) is 27.2. The van der Waals surface area contributed by atoms with Gasteiger partial charge in [-0.05, 0) is 36.4 Å². The molecular formula is C28H26N4O7S. The molecule has 0 bridgehead atoms. The molecule has 206 valence electrons. The number of para-hydroxylation sites is 1. The highest BCUT2D eigenvalue weighted by molar-refractivity contribution is 7.89. The minimum Gasteiger partial charge on any atom is -0.495 e. The Labute approximate surface area is 230 Å². The van der Waals surface area contributed by atoms with Crippen LogP contribution >= 0.6 is 0 Å². The first-order chi connectivity index (χ1) is 19.4. The second-order valence-electron chi connectivity index (χ2n) is 8.79. The van der Waals surface area contributed by atoms with Crippen LogP contribution in [-0.4, -0.2) is 74.6 Å². The minimum absolute atomic E-state index is 0.0314. The van der Waals surface area contributed by atoms with E-state index in [9.17, 15) is 18.0 Å². The van der Waals surface area contributed by atoms with Gasteiger partial charge in [0, 0.05) is 30.7 Å². The molecule has 1 aliphatic rings. The molecule has 0 spiro atoms. The number of carbonyl (C=O) groups is 2. The molecule has 1 N–H and O–H groups in total. The molecule has 2 aromatic carbocycles. The van der Waals surface area contributed by atoms with Gasteiger partial charge in [-0.3, -0.25) is 9.78 Å². The van der Waals surface area contributed by atoms with Gasteiger partial charge >= 0.3 is 5.97 Å². The maximum absolute atomic E-state index is 13.1. The number of methoxy groups -OCH3 is 1. The average Bonchev–Trinajstić information content (AvgIpc) is 3.00. The number of pyridine rings is 2. The molecule has 40 heavy (non-hydrogen) atoms. The lowest BCUT2D eigenvalue weighted by molar-refractivity contribution is -0.119. The summed E-state index contributed by atoms with van der Waals surface area (Å²) in [4.78, 5) is 34.7. The van der Waals surface area contributed by atoms with E-state index in [1.807, 2.05) is 12.1 Å². The van der Waals surface area contributed by atoms with Crippen molar-refractivity contribution >= 4 is 38.5 Å². The smallest absolute Gasteiger partial charge is 0.339 e. The van der Waals surface area contributed by atoms with Gasteiger partial charge in [0.1, 0.15) is 5.75 Å². The van der Waals surface area contributed by atoms with Gasteiger partial charge in [0.05, 0.1) is 53.4 Å². The Morgan fingerprint density at radius 2 is 1.77 bits per heavy atom. The number of esters is 1. The number of carbonyl (C=O) groups excluding carboxylic acids is 2. The molecule has 2 aromatic heterocycles. The lowest BCUT2D eigenvalue weighted by atomic mass is 10.1. The summed E-state index contributed by atoms with van der Waals surface area (Å²) >= 11 is 0. The molecule has 0 aliphatic carbocycles. The first-order valence-electron chi connectivity index (χ1n) is 12.4. The van der Waals surface area contributed by atoms with E-state index in [4.69, 9.17) is 14.2 Å². The first-order valence-corrected chi connectivity index (χ1v) is 13.8. The average molecular weight is 563 g/mol. The quantitative estimate of drug-likeness (QED) is 0.321. The highest BCUT2D eigenvalue weighted by Crippen LogP contribution is 2.30. The van der Waals surface area contributed by atoms with Crippen LogP contribution in [0.2, 0.25) is 0 Å². The Bertz CT molecular complexity index is 1660. The van der Waals surface area contributed by atoms with Gasteiger partial charge in [0.15, 0.2) is 6.61 Å². The molecule has 12 heteroatoms. The Hall–Kier alpha value is -4.39. The predicted octanol–water partition coefficient (Wildman–Crippen LogP) is 3.12. The van der Waals surface area contributed by atoms with Crippen molar-refractivity contribution in [2.24, 2.45) is 0 Å². The Kier molecular flexibility index (Phi) is 8.01. The summed E-state index contributed by atoms with van der Waals surface area (Å²) in [5.74, 6) is -1.18. The molecule has 0 unspecified atom stereocenters. The number of hydrogen-bond donors (Lipinski definition) is 1. The number of aromatic nitrogens is 2. The van der Waals surface area contributed by atoms with Gasteiger partial charge in [-0.1, -0.05) is 24.3 Å². The fourth-order valence-electron chi connectivity index (χ4n) is 4.26. The van der Waals surface area contributed by atoms with Crippen molar-refractivity contribution in [3.05, 3.63) is 78.5 Å².